The molecule has 6 nitrogen and oxygen atoms in total. The van der Waals surface area contributed by atoms with Crippen LogP contribution in [0.3, 0.4) is 0 Å². The van der Waals surface area contributed by atoms with Gasteiger partial charge in [-0.05, 0) is 43.3 Å². The molecule has 0 saturated heterocycles. The summed E-state index contributed by atoms with van der Waals surface area (Å²) in [5.41, 5.74) is 1.82. The Bertz CT molecular complexity index is 921. The van der Waals surface area contributed by atoms with Gasteiger partial charge in [0, 0.05) is 22.8 Å². The summed E-state index contributed by atoms with van der Waals surface area (Å²) in [6, 6.07) is 13.6. The fourth-order valence-corrected chi connectivity index (χ4v) is 2.55. The average molecular weight is 370 g/mol. The molecule has 0 aliphatic rings. The molecule has 7 heteroatoms. The first kappa shape index (κ1) is 17.8. The molecule has 0 aliphatic carbocycles. The second-order valence-corrected chi connectivity index (χ2v) is 5.87. The lowest BCUT2D eigenvalue weighted by Gasteiger charge is -2.06. The van der Waals surface area contributed by atoms with E-state index >= 15 is 0 Å². The Morgan fingerprint density at radius 3 is 2.58 bits per heavy atom. The van der Waals surface area contributed by atoms with Crippen molar-refractivity contribution in [3.8, 4) is 11.4 Å². The zero-order chi connectivity index (χ0) is 18.5. The van der Waals surface area contributed by atoms with Gasteiger partial charge in [0.2, 0.25) is 0 Å². The number of esters is 1. The fourth-order valence-electron chi connectivity index (χ4n) is 2.43. The van der Waals surface area contributed by atoms with Gasteiger partial charge in [-0.15, -0.1) is 0 Å². The van der Waals surface area contributed by atoms with Crippen molar-refractivity contribution in [1.29, 1.82) is 0 Å². The molecule has 0 fully saturated rings. The Morgan fingerprint density at radius 1 is 1.15 bits per heavy atom. The third-order valence-corrected chi connectivity index (χ3v) is 3.90. The lowest BCUT2D eigenvalue weighted by Crippen LogP contribution is -2.14. The van der Waals surface area contributed by atoms with Crippen LogP contribution in [0.2, 0.25) is 5.02 Å². The number of carbonyl (C=O) groups is 2. The van der Waals surface area contributed by atoms with Crippen LogP contribution in [0, 0.1) is 0 Å². The monoisotopic (exact) mass is 369 g/mol. The summed E-state index contributed by atoms with van der Waals surface area (Å²) >= 11 is 5.86. The third kappa shape index (κ3) is 3.97. The quantitative estimate of drug-likeness (QED) is 0.489. The Balaban J connectivity index is 1.95. The standard InChI is InChI=1S/C19H16ClN3O3/c1-2-26-19(25)16-11-17(15-5-3-4-10-21-15)23(22-16)12-18(24)13-6-8-14(20)9-7-13/h3-11H,2,12H2,1H3. The summed E-state index contributed by atoms with van der Waals surface area (Å²) < 4.78 is 6.46. The number of carbonyl (C=O) groups excluding carboxylic acids is 2. The number of Topliss-reactive ketones (excluding diaryl/α,β-unsaturated/α-hetero) is 1. The van der Waals surface area contributed by atoms with Crippen LogP contribution < -0.4 is 0 Å². The van der Waals surface area contributed by atoms with E-state index in [1.54, 1.807) is 55.6 Å². The first-order chi connectivity index (χ1) is 12.6. The van der Waals surface area contributed by atoms with Gasteiger partial charge in [0.15, 0.2) is 11.5 Å². The van der Waals surface area contributed by atoms with Crippen molar-refractivity contribution in [2.75, 3.05) is 6.61 Å². The number of ether oxygens (including phenoxy) is 1. The molecule has 3 aromatic rings. The molecule has 0 bridgehead atoms. The number of rotatable bonds is 6. The molecule has 0 radical (unpaired) electrons. The predicted octanol–water partition coefficient (Wildman–Crippen LogP) is 3.66. The van der Waals surface area contributed by atoms with Crippen molar-refractivity contribution in [3.05, 3.63) is 71.0 Å². The highest BCUT2D eigenvalue weighted by Gasteiger charge is 2.19. The van der Waals surface area contributed by atoms with Gasteiger partial charge in [-0.3, -0.25) is 14.5 Å². The molecule has 3 rings (SSSR count). The summed E-state index contributed by atoms with van der Waals surface area (Å²) in [6.07, 6.45) is 1.64. The van der Waals surface area contributed by atoms with Crippen LogP contribution in [0.5, 0.6) is 0 Å². The number of hydrogen-bond acceptors (Lipinski definition) is 5. The lowest BCUT2D eigenvalue weighted by molar-refractivity contribution is 0.0517. The average Bonchev–Trinajstić information content (AvgIpc) is 3.07. The first-order valence-corrected chi connectivity index (χ1v) is 8.41. The maximum Gasteiger partial charge on any atom is 0.358 e. The van der Waals surface area contributed by atoms with Crippen molar-refractivity contribution in [2.24, 2.45) is 0 Å². The van der Waals surface area contributed by atoms with E-state index in [1.165, 1.54) is 4.68 Å². The number of hydrogen-bond donors (Lipinski definition) is 0. The van der Waals surface area contributed by atoms with Crippen molar-refractivity contribution in [1.82, 2.24) is 14.8 Å². The van der Waals surface area contributed by atoms with Gasteiger partial charge in [-0.1, -0.05) is 17.7 Å². The van der Waals surface area contributed by atoms with E-state index in [-0.39, 0.29) is 24.6 Å². The van der Waals surface area contributed by atoms with Crippen molar-refractivity contribution in [2.45, 2.75) is 13.5 Å². The van der Waals surface area contributed by atoms with Crippen LogP contribution >= 0.6 is 11.6 Å². The SMILES string of the molecule is CCOC(=O)c1cc(-c2ccccn2)n(CC(=O)c2ccc(Cl)cc2)n1. The van der Waals surface area contributed by atoms with Gasteiger partial charge in [-0.25, -0.2) is 4.79 Å². The van der Waals surface area contributed by atoms with E-state index < -0.39 is 5.97 Å². The van der Waals surface area contributed by atoms with Crippen molar-refractivity contribution >= 4 is 23.4 Å². The highest BCUT2D eigenvalue weighted by atomic mass is 35.5. The minimum absolute atomic E-state index is 0.0348. The van der Waals surface area contributed by atoms with Gasteiger partial charge in [0.05, 0.1) is 18.0 Å². The van der Waals surface area contributed by atoms with Gasteiger partial charge in [0.25, 0.3) is 0 Å². The Kier molecular flexibility index (Phi) is 5.43. The number of halogens is 1. The normalized spacial score (nSPS) is 10.5. The molecule has 0 unspecified atom stereocenters. The van der Waals surface area contributed by atoms with Crippen LogP contribution in [0.1, 0.15) is 27.8 Å². The highest BCUT2D eigenvalue weighted by molar-refractivity contribution is 6.30. The maximum atomic E-state index is 12.6. The number of benzene rings is 1. The van der Waals surface area contributed by atoms with Crippen molar-refractivity contribution < 1.29 is 14.3 Å². The summed E-state index contributed by atoms with van der Waals surface area (Å²) in [5.74, 6) is -0.695. The summed E-state index contributed by atoms with van der Waals surface area (Å²) in [6.45, 7) is 1.93. The molecule has 2 aromatic heterocycles. The molecule has 0 aliphatic heterocycles. The second kappa shape index (κ2) is 7.93. The maximum absolute atomic E-state index is 12.6. The molecule has 0 atom stereocenters. The van der Waals surface area contributed by atoms with Gasteiger partial charge < -0.3 is 4.74 Å². The number of pyridine rings is 1. The second-order valence-electron chi connectivity index (χ2n) is 5.44. The molecular formula is C19H16ClN3O3. The molecule has 0 amide bonds. The molecular weight excluding hydrogens is 354 g/mol. The molecule has 2 heterocycles. The van der Waals surface area contributed by atoms with Crippen LogP contribution in [0.15, 0.2) is 54.7 Å². The fraction of sp³-hybridized carbons (Fsp3) is 0.158. The largest absolute Gasteiger partial charge is 0.461 e. The minimum atomic E-state index is -0.539. The minimum Gasteiger partial charge on any atom is -0.461 e. The molecule has 132 valence electrons. The van der Waals surface area contributed by atoms with E-state index in [0.29, 0.717) is 22.0 Å². The summed E-state index contributed by atoms with van der Waals surface area (Å²) in [4.78, 5) is 28.9. The van der Waals surface area contributed by atoms with Crippen LogP contribution in [0.4, 0.5) is 0 Å². The zero-order valence-electron chi connectivity index (χ0n) is 14.1. The van der Waals surface area contributed by atoms with Crippen LogP contribution in [-0.4, -0.2) is 33.1 Å². The highest BCUT2D eigenvalue weighted by Crippen LogP contribution is 2.20. The Labute approximate surface area is 155 Å². The zero-order valence-corrected chi connectivity index (χ0v) is 14.8. The summed E-state index contributed by atoms with van der Waals surface area (Å²) in [5, 5.41) is 4.80. The number of nitrogens with zero attached hydrogens (tertiary/aromatic N) is 3. The molecule has 26 heavy (non-hydrogen) atoms. The predicted molar refractivity (Wildman–Crippen MR) is 97.2 cm³/mol. The molecule has 0 saturated carbocycles. The Morgan fingerprint density at radius 2 is 1.92 bits per heavy atom. The van der Waals surface area contributed by atoms with E-state index in [0.717, 1.165) is 0 Å². The lowest BCUT2D eigenvalue weighted by atomic mass is 10.1. The smallest absolute Gasteiger partial charge is 0.358 e. The topological polar surface area (TPSA) is 74.1 Å². The van der Waals surface area contributed by atoms with E-state index in [4.69, 9.17) is 16.3 Å². The first-order valence-electron chi connectivity index (χ1n) is 8.03. The van der Waals surface area contributed by atoms with E-state index in [9.17, 15) is 9.59 Å². The number of ketones is 1. The van der Waals surface area contributed by atoms with Crippen LogP contribution in [0.25, 0.3) is 11.4 Å². The molecule has 0 spiro atoms. The number of aromatic nitrogens is 3. The van der Waals surface area contributed by atoms with Gasteiger partial charge >= 0.3 is 5.97 Å². The van der Waals surface area contributed by atoms with Crippen molar-refractivity contribution in [3.63, 3.8) is 0 Å². The van der Waals surface area contributed by atoms with Crippen LogP contribution in [-0.2, 0) is 11.3 Å². The van der Waals surface area contributed by atoms with Gasteiger partial charge in [-0.2, -0.15) is 5.10 Å². The van der Waals surface area contributed by atoms with E-state index in [2.05, 4.69) is 10.1 Å². The van der Waals surface area contributed by atoms with Gasteiger partial charge in [0.1, 0.15) is 6.54 Å². The Hall–Kier alpha value is -2.99. The molecule has 1 aromatic carbocycles. The third-order valence-electron chi connectivity index (χ3n) is 3.65. The molecule has 0 N–H and O–H groups in total. The summed E-state index contributed by atoms with van der Waals surface area (Å²) in [7, 11) is 0. The van der Waals surface area contributed by atoms with E-state index in [1.807, 2.05) is 6.07 Å².